The van der Waals surface area contributed by atoms with Crippen molar-refractivity contribution in [2.45, 2.75) is 52.4 Å². The van der Waals surface area contributed by atoms with Crippen molar-refractivity contribution in [2.75, 3.05) is 26.2 Å². The summed E-state index contributed by atoms with van der Waals surface area (Å²) in [5.74, 6) is 1.06. The number of hydrogen-bond acceptors (Lipinski definition) is 2. The Morgan fingerprint density at radius 1 is 1.17 bits per heavy atom. The maximum Gasteiger partial charge on any atom is 0.220 e. The second-order valence-corrected chi connectivity index (χ2v) is 6.90. The number of piperidine rings is 1. The lowest BCUT2D eigenvalue weighted by molar-refractivity contribution is -0.121. The molecule has 23 heavy (non-hydrogen) atoms. The summed E-state index contributed by atoms with van der Waals surface area (Å²) in [6.07, 6.45) is 6.20. The number of carbonyl (C=O) groups is 1. The van der Waals surface area contributed by atoms with Crippen LogP contribution in [0, 0.1) is 5.92 Å². The molecular formula is C20H32N2O. The summed E-state index contributed by atoms with van der Waals surface area (Å²) < 4.78 is 0. The topological polar surface area (TPSA) is 32.3 Å². The molecule has 1 aromatic rings. The van der Waals surface area contributed by atoms with Crippen LogP contribution in [0.2, 0.25) is 0 Å². The fourth-order valence-electron chi connectivity index (χ4n) is 3.10. The van der Waals surface area contributed by atoms with Crippen molar-refractivity contribution in [1.82, 2.24) is 10.2 Å². The Balaban J connectivity index is 1.54. The van der Waals surface area contributed by atoms with E-state index in [0.29, 0.717) is 6.42 Å². The largest absolute Gasteiger partial charge is 0.356 e. The van der Waals surface area contributed by atoms with Gasteiger partial charge in [-0.1, -0.05) is 38.1 Å². The third-order valence-corrected chi connectivity index (χ3v) is 4.92. The molecule has 1 heterocycles. The molecule has 2 rings (SSSR count). The van der Waals surface area contributed by atoms with Gasteiger partial charge in [0.05, 0.1) is 0 Å². The second-order valence-electron chi connectivity index (χ2n) is 6.90. The van der Waals surface area contributed by atoms with Crippen molar-refractivity contribution in [3.05, 3.63) is 35.4 Å². The summed E-state index contributed by atoms with van der Waals surface area (Å²) in [4.78, 5) is 14.4. The summed E-state index contributed by atoms with van der Waals surface area (Å²) in [6.45, 7) is 8.87. The molecule has 1 amide bonds. The fourth-order valence-corrected chi connectivity index (χ4v) is 3.10. The van der Waals surface area contributed by atoms with E-state index in [9.17, 15) is 4.79 Å². The molecule has 3 heteroatoms. The molecule has 1 aliphatic rings. The Labute approximate surface area is 141 Å². The van der Waals surface area contributed by atoms with Crippen molar-refractivity contribution >= 4 is 5.91 Å². The third-order valence-electron chi connectivity index (χ3n) is 4.92. The van der Waals surface area contributed by atoms with Crippen LogP contribution >= 0.6 is 0 Å². The van der Waals surface area contributed by atoms with Crippen molar-refractivity contribution in [1.29, 1.82) is 0 Å². The Morgan fingerprint density at radius 2 is 1.83 bits per heavy atom. The van der Waals surface area contributed by atoms with Crippen LogP contribution in [0.15, 0.2) is 24.3 Å². The molecule has 1 saturated heterocycles. The quantitative estimate of drug-likeness (QED) is 0.745. The van der Waals surface area contributed by atoms with Gasteiger partial charge in [0.1, 0.15) is 0 Å². The molecule has 1 aromatic carbocycles. The van der Waals surface area contributed by atoms with Crippen molar-refractivity contribution in [2.24, 2.45) is 5.92 Å². The van der Waals surface area contributed by atoms with E-state index in [1.54, 1.807) is 0 Å². The first-order valence-corrected chi connectivity index (χ1v) is 9.24. The highest BCUT2D eigenvalue weighted by Gasteiger charge is 2.14. The number of carbonyl (C=O) groups excluding carboxylic acids is 1. The van der Waals surface area contributed by atoms with Crippen LogP contribution in [0.4, 0.5) is 0 Å². The zero-order chi connectivity index (χ0) is 16.5. The van der Waals surface area contributed by atoms with E-state index in [1.807, 2.05) is 0 Å². The van der Waals surface area contributed by atoms with Gasteiger partial charge in [0, 0.05) is 13.0 Å². The van der Waals surface area contributed by atoms with Crippen molar-refractivity contribution in [3.8, 4) is 0 Å². The van der Waals surface area contributed by atoms with Crippen molar-refractivity contribution < 1.29 is 4.79 Å². The summed E-state index contributed by atoms with van der Waals surface area (Å²) in [6, 6.07) is 8.60. The lowest BCUT2D eigenvalue weighted by Gasteiger charge is -2.30. The molecule has 1 N–H and O–H groups in total. The summed E-state index contributed by atoms with van der Waals surface area (Å²) in [5, 5.41) is 3.06. The van der Waals surface area contributed by atoms with Gasteiger partial charge in [0.15, 0.2) is 0 Å². The summed E-state index contributed by atoms with van der Waals surface area (Å²) in [7, 11) is 0. The maximum absolute atomic E-state index is 11.9. The number of nitrogens with one attached hydrogen (secondary N) is 1. The Kier molecular flexibility index (Phi) is 7.60. The van der Waals surface area contributed by atoms with E-state index in [0.717, 1.165) is 38.3 Å². The average Bonchev–Trinajstić information content (AvgIpc) is 2.59. The van der Waals surface area contributed by atoms with Crippen LogP contribution in [0.5, 0.6) is 0 Å². The van der Waals surface area contributed by atoms with E-state index in [4.69, 9.17) is 0 Å². The first-order chi connectivity index (χ1) is 11.2. The van der Waals surface area contributed by atoms with Crippen molar-refractivity contribution in [3.63, 3.8) is 0 Å². The molecule has 1 fully saturated rings. The molecule has 3 nitrogen and oxygen atoms in total. The number of benzene rings is 1. The highest BCUT2D eigenvalue weighted by Crippen LogP contribution is 2.15. The number of aryl methyl sites for hydroxylation is 2. The lowest BCUT2D eigenvalue weighted by Crippen LogP contribution is -2.35. The SMILES string of the molecule is CCc1ccc(CCC(=O)NCCCN2CCC(C)CC2)cc1. The monoisotopic (exact) mass is 316 g/mol. The standard InChI is InChI=1S/C20H32N2O/c1-3-18-5-7-19(8-6-18)9-10-20(23)21-13-4-14-22-15-11-17(2)12-16-22/h5-8,17H,3-4,9-16H2,1-2H3,(H,21,23). The second kappa shape index (κ2) is 9.71. The van der Waals surface area contributed by atoms with Crippen LogP contribution in [-0.2, 0) is 17.6 Å². The molecule has 1 aliphatic heterocycles. The van der Waals surface area contributed by atoms with Gasteiger partial charge >= 0.3 is 0 Å². The summed E-state index contributed by atoms with van der Waals surface area (Å²) >= 11 is 0. The van der Waals surface area contributed by atoms with Gasteiger partial charge in [0.2, 0.25) is 5.91 Å². The van der Waals surface area contributed by atoms with Crippen LogP contribution in [-0.4, -0.2) is 37.0 Å². The molecule has 128 valence electrons. The predicted molar refractivity (Wildman–Crippen MR) is 96.6 cm³/mol. The number of amides is 1. The lowest BCUT2D eigenvalue weighted by atomic mass is 9.99. The van der Waals surface area contributed by atoms with Gasteiger partial charge in [-0.2, -0.15) is 0 Å². The van der Waals surface area contributed by atoms with E-state index >= 15 is 0 Å². The molecule has 0 spiro atoms. The number of likely N-dealkylation sites (tertiary alicyclic amines) is 1. The third kappa shape index (κ3) is 6.74. The smallest absolute Gasteiger partial charge is 0.220 e. The minimum Gasteiger partial charge on any atom is -0.356 e. The van der Waals surface area contributed by atoms with Gasteiger partial charge < -0.3 is 10.2 Å². The molecule has 0 bridgehead atoms. The molecule has 0 atom stereocenters. The number of nitrogens with zero attached hydrogens (tertiary/aromatic N) is 1. The van der Waals surface area contributed by atoms with E-state index in [-0.39, 0.29) is 5.91 Å². The minimum atomic E-state index is 0.178. The average molecular weight is 316 g/mol. The Bertz CT molecular complexity index is 461. The summed E-state index contributed by atoms with van der Waals surface area (Å²) in [5.41, 5.74) is 2.60. The molecule has 0 aliphatic carbocycles. The molecule has 0 unspecified atom stereocenters. The first kappa shape index (κ1) is 18.0. The van der Waals surface area contributed by atoms with Crippen LogP contribution in [0.1, 0.15) is 50.7 Å². The fraction of sp³-hybridized carbons (Fsp3) is 0.650. The van der Waals surface area contributed by atoms with Gasteiger partial charge in [-0.25, -0.2) is 0 Å². The minimum absolute atomic E-state index is 0.178. The van der Waals surface area contributed by atoms with Gasteiger partial charge in [-0.05, 0) is 68.8 Å². The molecular weight excluding hydrogens is 284 g/mol. The maximum atomic E-state index is 11.9. The van der Waals surface area contributed by atoms with E-state index in [2.05, 4.69) is 48.3 Å². The number of rotatable bonds is 8. The Hall–Kier alpha value is -1.35. The normalized spacial score (nSPS) is 16.4. The van der Waals surface area contributed by atoms with Gasteiger partial charge in [-0.15, -0.1) is 0 Å². The molecule has 0 saturated carbocycles. The molecule has 0 radical (unpaired) electrons. The van der Waals surface area contributed by atoms with Crippen LogP contribution in [0.25, 0.3) is 0 Å². The first-order valence-electron chi connectivity index (χ1n) is 9.24. The highest BCUT2D eigenvalue weighted by atomic mass is 16.1. The van der Waals surface area contributed by atoms with E-state index < -0.39 is 0 Å². The van der Waals surface area contributed by atoms with Crippen LogP contribution in [0.3, 0.4) is 0 Å². The van der Waals surface area contributed by atoms with Gasteiger partial charge in [-0.3, -0.25) is 4.79 Å². The zero-order valence-electron chi connectivity index (χ0n) is 14.8. The van der Waals surface area contributed by atoms with Crippen LogP contribution < -0.4 is 5.32 Å². The predicted octanol–water partition coefficient (Wildman–Crippen LogP) is 3.42. The van der Waals surface area contributed by atoms with Gasteiger partial charge in [0.25, 0.3) is 0 Å². The zero-order valence-corrected chi connectivity index (χ0v) is 14.8. The highest BCUT2D eigenvalue weighted by molar-refractivity contribution is 5.76. The molecule has 0 aromatic heterocycles. The van der Waals surface area contributed by atoms with E-state index in [1.165, 1.54) is 37.1 Å². The Morgan fingerprint density at radius 3 is 2.48 bits per heavy atom. The number of hydrogen-bond donors (Lipinski definition) is 1.